The number of rotatable bonds is 5. The minimum atomic E-state index is -0.135. The number of anilines is 1. The summed E-state index contributed by atoms with van der Waals surface area (Å²) >= 11 is 0. The summed E-state index contributed by atoms with van der Waals surface area (Å²) in [7, 11) is 2.21. The van der Waals surface area contributed by atoms with Crippen LogP contribution in [0.3, 0.4) is 0 Å². The first kappa shape index (κ1) is 17.1. The second-order valence-corrected chi connectivity index (χ2v) is 7.15. The molecule has 1 aromatic carbocycles. The number of fused-ring (bicyclic) bond motifs is 2. The Bertz CT molecular complexity index is 563. The Labute approximate surface area is 144 Å². The summed E-state index contributed by atoms with van der Waals surface area (Å²) in [5, 5.41) is 6.11. The lowest BCUT2D eigenvalue weighted by molar-refractivity contribution is 0.151. The van der Waals surface area contributed by atoms with E-state index in [1.807, 2.05) is 31.2 Å². The quantitative estimate of drug-likeness (QED) is 0.866. The monoisotopic (exact) mass is 331 g/mol. The van der Waals surface area contributed by atoms with Crippen molar-refractivity contribution in [1.82, 2.24) is 10.2 Å². The predicted octanol–water partition coefficient (Wildman–Crippen LogP) is 3.61. The molecule has 24 heavy (non-hydrogen) atoms. The zero-order valence-electron chi connectivity index (χ0n) is 14.9. The molecular weight excluding hydrogens is 302 g/mol. The van der Waals surface area contributed by atoms with Gasteiger partial charge in [0.15, 0.2) is 0 Å². The van der Waals surface area contributed by atoms with Crippen LogP contribution in [-0.2, 0) is 0 Å². The first-order valence-corrected chi connectivity index (χ1v) is 9.12. The van der Waals surface area contributed by atoms with Crippen LogP contribution in [-0.4, -0.2) is 42.2 Å². The number of piperidine rings is 1. The zero-order valence-corrected chi connectivity index (χ0v) is 14.9. The lowest BCUT2D eigenvalue weighted by Gasteiger charge is -2.36. The molecule has 4 atom stereocenters. The molecular formula is C19H29N3O2. The summed E-state index contributed by atoms with van der Waals surface area (Å²) in [6, 6.07) is 8.99. The van der Waals surface area contributed by atoms with E-state index in [2.05, 4.69) is 29.5 Å². The Balaban J connectivity index is 1.57. The number of amides is 2. The molecule has 2 N–H and O–H groups in total. The number of para-hydroxylation sites is 2. The molecule has 2 amide bonds. The number of nitrogens with one attached hydrogen (secondary N) is 2. The van der Waals surface area contributed by atoms with E-state index in [0.29, 0.717) is 12.1 Å². The first-order chi connectivity index (χ1) is 11.6. The van der Waals surface area contributed by atoms with E-state index in [1.54, 1.807) is 0 Å². The lowest BCUT2D eigenvalue weighted by atomic mass is 9.98. The fourth-order valence-electron chi connectivity index (χ4n) is 3.85. The van der Waals surface area contributed by atoms with Crippen molar-refractivity contribution in [2.24, 2.45) is 0 Å². The van der Waals surface area contributed by atoms with Gasteiger partial charge in [-0.1, -0.05) is 19.1 Å². The van der Waals surface area contributed by atoms with Crippen molar-refractivity contribution < 1.29 is 9.53 Å². The second kappa shape index (κ2) is 7.43. The van der Waals surface area contributed by atoms with Gasteiger partial charge in [0.2, 0.25) is 0 Å². The number of nitrogens with zero attached hydrogens (tertiary/aromatic N) is 1. The van der Waals surface area contributed by atoms with Crippen LogP contribution in [0.4, 0.5) is 10.5 Å². The summed E-state index contributed by atoms with van der Waals surface area (Å²) in [6.45, 7) is 4.12. The van der Waals surface area contributed by atoms with Crippen molar-refractivity contribution in [3.05, 3.63) is 24.3 Å². The van der Waals surface area contributed by atoms with Gasteiger partial charge in [-0.2, -0.15) is 0 Å². The minimum Gasteiger partial charge on any atom is -0.489 e. The van der Waals surface area contributed by atoms with Gasteiger partial charge in [-0.3, -0.25) is 0 Å². The average molecular weight is 331 g/mol. The molecule has 2 saturated heterocycles. The fourth-order valence-corrected chi connectivity index (χ4v) is 3.85. The van der Waals surface area contributed by atoms with Gasteiger partial charge in [0.1, 0.15) is 5.75 Å². The van der Waals surface area contributed by atoms with E-state index < -0.39 is 0 Å². The van der Waals surface area contributed by atoms with Gasteiger partial charge < -0.3 is 20.3 Å². The summed E-state index contributed by atoms with van der Waals surface area (Å²) in [6.07, 6.45) is 5.66. The zero-order chi connectivity index (χ0) is 17.1. The Kier molecular flexibility index (Phi) is 5.29. The maximum Gasteiger partial charge on any atom is 0.319 e. The SMILES string of the molecule is CCC(C)Oc1ccccc1NC(=O)NC1C[C@H]2CC[C@@H](C1)N2C. The van der Waals surface area contributed by atoms with Gasteiger partial charge >= 0.3 is 6.03 Å². The highest BCUT2D eigenvalue weighted by Crippen LogP contribution is 2.34. The number of carbonyl (C=O) groups excluding carboxylic acids is 1. The molecule has 2 fully saturated rings. The Morgan fingerprint density at radius 2 is 1.96 bits per heavy atom. The number of carbonyl (C=O) groups is 1. The van der Waals surface area contributed by atoms with Gasteiger partial charge in [-0.25, -0.2) is 4.79 Å². The number of urea groups is 1. The first-order valence-electron chi connectivity index (χ1n) is 9.12. The van der Waals surface area contributed by atoms with Crippen molar-refractivity contribution in [2.45, 2.75) is 70.2 Å². The molecule has 2 heterocycles. The van der Waals surface area contributed by atoms with Crippen LogP contribution in [0, 0.1) is 0 Å². The minimum absolute atomic E-state index is 0.125. The molecule has 1 aromatic rings. The van der Waals surface area contributed by atoms with Crippen molar-refractivity contribution in [3.8, 4) is 5.75 Å². The van der Waals surface area contributed by atoms with Crippen molar-refractivity contribution in [2.75, 3.05) is 12.4 Å². The fraction of sp³-hybridized carbons (Fsp3) is 0.632. The van der Waals surface area contributed by atoms with Crippen molar-refractivity contribution >= 4 is 11.7 Å². The Hall–Kier alpha value is -1.75. The summed E-state index contributed by atoms with van der Waals surface area (Å²) < 4.78 is 5.89. The highest BCUT2D eigenvalue weighted by Gasteiger charge is 2.38. The molecule has 2 aliphatic heterocycles. The molecule has 5 nitrogen and oxygen atoms in total. The Morgan fingerprint density at radius 1 is 1.29 bits per heavy atom. The van der Waals surface area contributed by atoms with E-state index >= 15 is 0 Å². The largest absolute Gasteiger partial charge is 0.489 e. The van der Waals surface area contributed by atoms with Gasteiger partial charge in [0, 0.05) is 18.1 Å². The normalized spacial score (nSPS) is 27.5. The Morgan fingerprint density at radius 3 is 2.62 bits per heavy atom. The van der Waals surface area contributed by atoms with Crippen LogP contribution >= 0.6 is 0 Å². The molecule has 0 aliphatic carbocycles. The molecule has 2 unspecified atom stereocenters. The third kappa shape index (κ3) is 3.83. The van der Waals surface area contributed by atoms with E-state index in [-0.39, 0.29) is 18.2 Å². The van der Waals surface area contributed by atoms with Crippen LogP contribution in [0.25, 0.3) is 0 Å². The standard InChI is InChI=1S/C19H29N3O2/c1-4-13(2)24-18-8-6-5-7-17(18)21-19(23)20-14-11-15-9-10-16(12-14)22(15)3/h5-8,13-16H,4,9-12H2,1-3H3,(H2,20,21,23)/t13?,14?,15-,16+. The van der Waals surface area contributed by atoms with Crippen molar-refractivity contribution in [1.29, 1.82) is 0 Å². The molecule has 0 spiro atoms. The highest BCUT2D eigenvalue weighted by atomic mass is 16.5. The number of hydrogen-bond acceptors (Lipinski definition) is 3. The third-order valence-electron chi connectivity index (χ3n) is 5.47. The van der Waals surface area contributed by atoms with Crippen LogP contribution in [0.5, 0.6) is 5.75 Å². The molecule has 3 rings (SSSR count). The van der Waals surface area contributed by atoms with Gasteiger partial charge in [-0.05, 0) is 58.2 Å². The van der Waals surface area contributed by atoms with Crippen LogP contribution in [0.1, 0.15) is 46.0 Å². The van der Waals surface area contributed by atoms with Gasteiger partial charge in [-0.15, -0.1) is 0 Å². The smallest absolute Gasteiger partial charge is 0.319 e. The number of hydrogen-bond donors (Lipinski definition) is 2. The molecule has 0 saturated carbocycles. The van der Waals surface area contributed by atoms with E-state index in [0.717, 1.165) is 30.7 Å². The van der Waals surface area contributed by atoms with E-state index in [1.165, 1.54) is 12.8 Å². The molecule has 5 heteroatoms. The van der Waals surface area contributed by atoms with Crippen molar-refractivity contribution in [3.63, 3.8) is 0 Å². The lowest BCUT2D eigenvalue weighted by Crippen LogP contribution is -2.49. The highest BCUT2D eigenvalue weighted by molar-refractivity contribution is 5.91. The molecule has 2 bridgehead atoms. The van der Waals surface area contributed by atoms with E-state index in [9.17, 15) is 4.79 Å². The molecule has 2 aliphatic rings. The van der Waals surface area contributed by atoms with Crippen LogP contribution < -0.4 is 15.4 Å². The number of benzene rings is 1. The molecule has 0 aromatic heterocycles. The van der Waals surface area contributed by atoms with Crippen LogP contribution in [0.2, 0.25) is 0 Å². The maximum atomic E-state index is 12.4. The van der Waals surface area contributed by atoms with Gasteiger partial charge in [0.25, 0.3) is 0 Å². The summed E-state index contributed by atoms with van der Waals surface area (Å²) in [5.41, 5.74) is 0.728. The third-order valence-corrected chi connectivity index (χ3v) is 5.47. The second-order valence-electron chi connectivity index (χ2n) is 7.15. The molecule has 132 valence electrons. The number of ether oxygens (including phenoxy) is 1. The summed E-state index contributed by atoms with van der Waals surface area (Å²) in [5.74, 6) is 0.727. The topological polar surface area (TPSA) is 53.6 Å². The maximum absolute atomic E-state index is 12.4. The summed E-state index contributed by atoms with van der Waals surface area (Å²) in [4.78, 5) is 14.9. The van der Waals surface area contributed by atoms with Gasteiger partial charge in [0.05, 0.1) is 11.8 Å². The van der Waals surface area contributed by atoms with E-state index in [4.69, 9.17) is 4.74 Å². The predicted molar refractivity (Wildman–Crippen MR) is 96.6 cm³/mol. The molecule has 0 radical (unpaired) electrons. The average Bonchev–Trinajstić information content (AvgIpc) is 2.78. The van der Waals surface area contributed by atoms with Crippen LogP contribution in [0.15, 0.2) is 24.3 Å².